The van der Waals surface area contributed by atoms with Crippen LogP contribution in [0.4, 0.5) is 4.39 Å². The van der Waals surface area contributed by atoms with Crippen molar-refractivity contribution in [2.24, 2.45) is 0 Å². The van der Waals surface area contributed by atoms with Gasteiger partial charge < -0.3 is 14.7 Å². The minimum Gasteiger partial charge on any atom is -0.332 e. The van der Waals surface area contributed by atoms with E-state index in [1.54, 1.807) is 33.3 Å². The second-order valence-electron chi connectivity index (χ2n) is 9.49. The summed E-state index contributed by atoms with van der Waals surface area (Å²) in [7, 11) is 0. The van der Waals surface area contributed by atoms with Gasteiger partial charge in [-0.1, -0.05) is 30.3 Å². The maximum atomic E-state index is 13.7. The molecule has 3 aromatic rings. The zero-order valence-corrected chi connectivity index (χ0v) is 21.9. The number of hydrogen-bond acceptors (Lipinski definition) is 4. The molecular formula is C29H34FN3O2S. The first kappa shape index (κ1) is 26.0. The fraction of sp³-hybridized carbons (Fsp3) is 0.379. The molecule has 0 aliphatic carbocycles. The van der Waals surface area contributed by atoms with Crippen molar-refractivity contribution in [3.05, 3.63) is 92.9 Å². The first-order valence-corrected chi connectivity index (χ1v) is 13.4. The summed E-state index contributed by atoms with van der Waals surface area (Å²) >= 11 is 1.62. The molecule has 1 aromatic heterocycles. The highest BCUT2D eigenvalue weighted by molar-refractivity contribution is 7.10. The molecule has 7 heteroatoms. The van der Waals surface area contributed by atoms with Crippen LogP contribution in [0.2, 0.25) is 0 Å². The van der Waals surface area contributed by atoms with Crippen molar-refractivity contribution in [1.29, 1.82) is 0 Å². The Balaban J connectivity index is 1.55. The molecular weight excluding hydrogens is 473 g/mol. The highest BCUT2D eigenvalue weighted by atomic mass is 32.1. The molecule has 0 N–H and O–H groups in total. The minimum atomic E-state index is -0.303. The Kier molecular flexibility index (Phi) is 8.88. The lowest BCUT2D eigenvalue weighted by molar-refractivity contribution is -0.133. The summed E-state index contributed by atoms with van der Waals surface area (Å²) < 4.78 is 13.5. The van der Waals surface area contributed by atoms with Crippen molar-refractivity contribution in [1.82, 2.24) is 14.7 Å². The molecule has 190 valence electrons. The molecule has 1 aliphatic heterocycles. The summed E-state index contributed by atoms with van der Waals surface area (Å²) in [4.78, 5) is 34.3. The molecule has 0 spiro atoms. The van der Waals surface area contributed by atoms with Crippen LogP contribution in [0.25, 0.3) is 0 Å². The number of aryl methyl sites for hydroxylation is 2. The van der Waals surface area contributed by atoms with Crippen LogP contribution in [0, 0.1) is 19.7 Å². The number of carbonyl (C=O) groups excluding carboxylic acids is 2. The van der Waals surface area contributed by atoms with Crippen molar-refractivity contribution < 1.29 is 14.0 Å². The molecule has 0 unspecified atom stereocenters. The Hall–Kier alpha value is -3.03. The zero-order valence-electron chi connectivity index (χ0n) is 21.1. The smallest absolute Gasteiger partial charge is 0.254 e. The van der Waals surface area contributed by atoms with E-state index in [2.05, 4.69) is 4.90 Å². The number of rotatable bonds is 10. The third-order valence-electron chi connectivity index (χ3n) is 6.82. The monoisotopic (exact) mass is 507 g/mol. The van der Waals surface area contributed by atoms with Crippen LogP contribution >= 0.6 is 11.3 Å². The van der Waals surface area contributed by atoms with Gasteiger partial charge in [0.15, 0.2) is 0 Å². The number of benzene rings is 2. The van der Waals surface area contributed by atoms with Gasteiger partial charge >= 0.3 is 0 Å². The fourth-order valence-electron chi connectivity index (χ4n) is 4.55. The van der Waals surface area contributed by atoms with Crippen LogP contribution in [0.3, 0.4) is 0 Å². The molecule has 2 heterocycles. The third-order valence-corrected chi connectivity index (χ3v) is 7.82. The number of nitrogens with zero attached hydrogens (tertiary/aromatic N) is 3. The van der Waals surface area contributed by atoms with Crippen molar-refractivity contribution in [3.63, 3.8) is 0 Å². The summed E-state index contributed by atoms with van der Waals surface area (Å²) in [5.41, 5.74) is 3.52. The van der Waals surface area contributed by atoms with Crippen molar-refractivity contribution >= 4 is 23.2 Å². The van der Waals surface area contributed by atoms with E-state index < -0.39 is 0 Å². The quantitative estimate of drug-likeness (QED) is 0.376. The van der Waals surface area contributed by atoms with Crippen LogP contribution in [-0.2, 0) is 17.9 Å². The lowest BCUT2D eigenvalue weighted by Crippen LogP contribution is -2.45. The first-order chi connectivity index (χ1) is 17.4. The molecule has 5 nitrogen and oxygen atoms in total. The van der Waals surface area contributed by atoms with Crippen LogP contribution < -0.4 is 0 Å². The average Bonchev–Trinajstić information content (AvgIpc) is 3.54. The fourth-order valence-corrected chi connectivity index (χ4v) is 5.47. The minimum absolute atomic E-state index is 0.00657. The first-order valence-electron chi connectivity index (χ1n) is 12.5. The number of carbonyl (C=O) groups is 2. The molecule has 4 rings (SSSR count). The van der Waals surface area contributed by atoms with Gasteiger partial charge in [-0.25, -0.2) is 4.39 Å². The zero-order chi connectivity index (χ0) is 25.5. The van der Waals surface area contributed by atoms with Crippen molar-refractivity contribution in [2.45, 2.75) is 39.8 Å². The molecule has 0 saturated carbocycles. The van der Waals surface area contributed by atoms with Crippen LogP contribution in [0.15, 0.2) is 60.0 Å². The Morgan fingerprint density at radius 3 is 2.31 bits per heavy atom. The summed E-state index contributed by atoms with van der Waals surface area (Å²) in [5.74, 6) is -0.534. The van der Waals surface area contributed by atoms with Gasteiger partial charge in [-0.2, -0.15) is 0 Å². The predicted molar refractivity (Wildman–Crippen MR) is 142 cm³/mol. The summed E-state index contributed by atoms with van der Waals surface area (Å²) in [5, 5.41) is 2.02. The van der Waals surface area contributed by atoms with Crippen molar-refractivity contribution in [3.8, 4) is 0 Å². The average molecular weight is 508 g/mol. The summed E-state index contributed by atoms with van der Waals surface area (Å²) in [6.07, 6.45) is 2.35. The Bertz CT molecular complexity index is 1170. The van der Waals surface area contributed by atoms with Gasteiger partial charge in [0, 0.05) is 30.1 Å². The van der Waals surface area contributed by atoms with E-state index in [-0.39, 0.29) is 24.2 Å². The van der Waals surface area contributed by atoms with Crippen LogP contribution in [0.5, 0.6) is 0 Å². The van der Waals surface area contributed by atoms with Gasteiger partial charge in [0.2, 0.25) is 5.91 Å². The molecule has 2 amide bonds. The maximum absolute atomic E-state index is 13.7. The summed E-state index contributed by atoms with van der Waals surface area (Å²) in [6, 6.07) is 15.8. The van der Waals surface area contributed by atoms with E-state index in [9.17, 15) is 14.0 Å². The number of halogens is 1. The molecule has 2 aromatic carbocycles. The number of amides is 2. The highest BCUT2D eigenvalue weighted by Crippen LogP contribution is 2.20. The molecule has 36 heavy (non-hydrogen) atoms. The molecule has 0 atom stereocenters. The maximum Gasteiger partial charge on any atom is 0.254 e. The summed E-state index contributed by atoms with van der Waals surface area (Å²) in [6.45, 7) is 8.11. The lowest BCUT2D eigenvalue weighted by Gasteiger charge is -2.29. The van der Waals surface area contributed by atoms with Crippen molar-refractivity contribution in [2.75, 3.05) is 32.7 Å². The third kappa shape index (κ3) is 6.80. The number of thiophene rings is 1. The number of likely N-dealkylation sites (tertiary alicyclic amines) is 1. The van der Waals surface area contributed by atoms with E-state index in [4.69, 9.17) is 0 Å². The van der Waals surface area contributed by atoms with E-state index >= 15 is 0 Å². The number of hydrogen-bond donors (Lipinski definition) is 0. The SMILES string of the molecule is Cc1ccccc1C(=O)N(CCN1CCCC1)CC(=O)N(Cc1ccc(F)cc1)Cc1sccc1C. The second-order valence-corrected chi connectivity index (χ2v) is 10.5. The Morgan fingerprint density at radius 2 is 1.64 bits per heavy atom. The van der Waals surface area contributed by atoms with Gasteiger partial charge in [0.25, 0.3) is 5.91 Å². The Labute approximate surface area is 217 Å². The van der Waals surface area contributed by atoms with E-state index in [0.717, 1.165) is 41.2 Å². The van der Waals surface area contributed by atoms with E-state index in [1.807, 2.05) is 49.6 Å². The molecule has 1 aliphatic rings. The van der Waals surface area contributed by atoms with Gasteiger partial charge in [-0.3, -0.25) is 9.59 Å². The molecule has 0 bridgehead atoms. The van der Waals surface area contributed by atoms with Gasteiger partial charge in [0.05, 0.1) is 6.54 Å². The normalized spacial score (nSPS) is 13.6. The topological polar surface area (TPSA) is 43.9 Å². The van der Waals surface area contributed by atoms with E-state index in [1.165, 1.54) is 25.0 Å². The lowest BCUT2D eigenvalue weighted by atomic mass is 10.1. The highest BCUT2D eigenvalue weighted by Gasteiger charge is 2.25. The van der Waals surface area contributed by atoms with Gasteiger partial charge in [0.1, 0.15) is 12.4 Å². The molecule has 1 saturated heterocycles. The standard InChI is InChI=1S/C29H34FN3O2S/c1-22-7-3-4-8-26(22)29(35)32(17-16-31-14-5-6-15-31)21-28(34)33(20-27-23(2)13-18-36-27)19-24-9-11-25(30)12-10-24/h3-4,7-13,18H,5-6,14-17,19-21H2,1-2H3. The van der Waals surface area contributed by atoms with Gasteiger partial charge in [-0.05, 0) is 86.1 Å². The largest absolute Gasteiger partial charge is 0.332 e. The van der Waals surface area contributed by atoms with Crippen LogP contribution in [0.1, 0.15) is 44.8 Å². The van der Waals surface area contributed by atoms with Gasteiger partial charge in [-0.15, -0.1) is 11.3 Å². The molecule has 1 fully saturated rings. The van der Waals surface area contributed by atoms with E-state index in [0.29, 0.717) is 25.2 Å². The van der Waals surface area contributed by atoms with Crippen LogP contribution in [-0.4, -0.2) is 59.2 Å². The molecule has 0 radical (unpaired) electrons. The Morgan fingerprint density at radius 1 is 0.917 bits per heavy atom. The second kappa shape index (κ2) is 12.3. The predicted octanol–water partition coefficient (Wildman–Crippen LogP) is 5.27.